The van der Waals surface area contributed by atoms with E-state index in [9.17, 15) is 9.59 Å². The summed E-state index contributed by atoms with van der Waals surface area (Å²) in [5, 5.41) is 8.66. The van der Waals surface area contributed by atoms with Gasteiger partial charge in [-0.05, 0) is 65.7 Å². The molecule has 0 aliphatic rings. The summed E-state index contributed by atoms with van der Waals surface area (Å²) in [6.07, 6.45) is 1.58. The van der Waals surface area contributed by atoms with Gasteiger partial charge in [-0.25, -0.2) is 4.98 Å². The highest BCUT2D eigenvalue weighted by Gasteiger charge is 2.16. The van der Waals surface area contributed by atoms with Crippen LogP contribution < -0.4 is 20.7 Å². The zero-order chi connectivity index (χ0) is 25.9. The Morgan fingerprint density at radius 2 is 1.62 bits per heavy atom. The van der Waals surface area contributed by atoms with E-state index in [-0.39, 0.29) is 34.7 Å². The summed E-state index contributed by atoms with van der Waals surface area (Å²) in [5.41, 5.74) is 4.78. The van der Waals surface area contributed by atoms with Gasteiger partial charge in [0.2, 0.25) is 0 Å². The van der Waals surface area contributed by atoms with Crippen LogP contribution in [0.5, 0.6) is 5.75 Å². The second-order valence-electron chi connectivity index (χ2n) is 9.24. The van der Waals surface area contributed by atoms with Crippen LogP contribution in [0.15, 0.2) is 67.0 Å². The number of aromatic amines is 1. The lowest BCUT2D eigenvalue weighted by atomic mass is 9.87. The van der Waals surface area contributed by atoms with Crippen LogP contribution in [0.3, 0.4) is 0 Å². The number of halogens is 1. The Bertz CT molecular complexity index is 1440. The van der Waals surface area contributed by atoms with E-state index in [0.29, 0.717) is 28.3 Å². The average molecular weight is 538 g/mol. The maximum absolute atomic E-state index is 12.8. The van der Waals surface area contributed by atoms with Gasteiger partial charge < -0.3 is 20.4 Å². The first-order chi connectivity index (χ1) is 17.1. The second-order valence-corrected chi connectivity index (χ2v) is 9.65. The number of hydrogen-bond donors (Lipinski definition) is 4. The molecule has 1 heterocycles. The largest absolute Gasteiger partial charge is 0.494 e. The lowest BCUT2D eigenvalue weighted by Gasteiger charge is -2.19. The van der Waals surface area contributed by atoms with Crippen LogP contribution in [0.2, 0.25) is 0 Å². The first kappa shape index (κ1) is 27.6. The van der Waals surface area contributed by atoms with Crippen molar-refractivity contribution in [3.05, 3.63) is 83.7 Å². The van der Waals surface area contributed by atoms with Gasteiger partial charge in [-0.15, -0.1) is 12.4 Å². The van der Waals surface area contributed by atoms with Gasteiger partial charge in [0.1, 0.15) is 5.75 Å². The predicted molar refractivity (Wildman–Crippen MR) is 153 cm³/mol. The molecule has 10 heteroatoms. The van der Waals surface area contributed by atoms with Crippen molar-refractivity contribution in [3.63, 3.8) is 0 Å². The molecular formula is C27H28ClN5O3S. The van der Waals surface area contributed by atoms with Gasteiger partial charge in [0.25, 0.3) is 11.8 Å². The number of nitrogens with zero attached hydrogens (tertiary/aromatic N) is 1. The molecule has 0 aliphatic carbocycles. The summed E-state index contributed by atoms with van der Waals surface area (Å²) < 4.78 is 5.45. The number of hydrogen-bond acceptors (Lipinski definition) is 5. The summed E-state index contributed by atoms with van der Waals surface area (Å²) in [7, 11) is 1.51. The zero-order valence-electron chi connectivity index (χ0n) is 20.8. The van der Waals surface area contributed by atoms with Gasteiger partial charge in [0.15, 0.2) is 5.11 Å². The molecule has 0 radical (unpaired) electrons. The number of benzene rings is 3. The van der Waals surface area contributed by atoms with Crippen molar-refractivity contribution in [2.75, 3.05) is 17.7 Å². The van der Waals surface area contributed by atoms with Crippen molar-refractivity contribution in [1.82, 2.24) is 15.3 Å². The molecule has 37 heavy (non-hydrogen) atoms. The van der Waals surface area contributed by atoms with E-state index in [1.165, 1.54) is 7.11 Å². The minimum atomic E-state index is -0.307. The molecule has 0 fully saturated rings. The summed E-state index contributed by atoms with van der Waals surface area (Å²) in [6.45, 7) is 6.35. The van der Waals surface area contributed by atoms with Crippen molar-refractivity contribution in [3.8, 4) is 5.75 Å². The van der Waals surface area contributed by atoms with E-state index >= 15 is 0 Å². The third kappa shape index (κ3) is 6.63. The van der Waals surface area contributed by atoms with E-state index in [0.717, 1.165) is 16.6 Å². The number of carbonyl (C=O) groups is 2. The van der Waals surface area contributed by atoms with Gasteiger partial charge in [-0.1, -0.05) is 32.9 Å². The maximum Gasteiger partial charge on any atom is 0.257 e. The number of methoxy groups -OCH3 is 1. The van der Waals surface area contributed by atoms with Gasteiger partial charge in [0, 0.05) is 22.9 Å². The molecule has 0 saturated carbocycles. The van der Waals surface area contributed by atoms with Crippen LogP contribution in [0.1, 0.15) is 47.1 Å². The molecule has 8 nitrogen and oxygen atoms in total. The molecule has 0 aliphatic heterocycles. The Morgan fingerprint density at radius 3 is 2.30 bits per heavy atom. The number of carbonyl (C=O) groups excluding carboxylic acids is 2. The SMILES string of the molecule is COc1cc(NC(=S)NC(=O)c2ccc(C(C)(C)C)cc2)ccc1NC(=O)c1ccc2nc[nH]c2c1.Cl. The first-order valence-corrected chi connectivity index (χ1v) is 11.7. The highest BCUT2D eigenvalue weighted by molar-refractivity contribution is 7.80. The van der Waals surface area contributed by atoms with Gasteiger partial charge in [0.05, 0.1) is 30.2 Å². The summed E-state index contributed by atoms with van der Waals surface area (Å²) >= 11 is 5.31. The number of amides is 2. The summed E-state index contributed by atoms with van der Waals surface area (Å²) in [5.74, 6) is -0.160. The van der Waals surface area contributed by atoms with Crippen LogP contribution in [0.4, 0.5) is 11.4 Å². The zero-order valence-corrected chi connectivity index (χ0v) is 22.5. The van der Waals surface area contributed by atoms with Crippen molar-refractivity contribution >= 4 is 64.0 Å². The maximum atomic E-state index is 12.8. The molecule has 4 rings (SSSR count). The van der Waals surface area contributed by atoms with Crippen LogP contribution in [0, 0.1) is 0 Å². The third-order valence-corrected chi connectivity index (χ3v) is 5.83. The number of thiocarbonyl (C=S) groups is 1. The number of aromatic nitrogens is 2. The number of fused-ring (bicyclic) bond motifs is 1. The fraction of sp³-hybridized carbons (Fsp3) is 0.185. The monoisotopic (exact) mass is 537 g/mol. The first-order valence-electron chi connectivity index (χ1n) is 11.3. The molecule has 0 unspecified atom stereocenters. The lowest BCUT2D eigenvalue weighted by Crippen LogP contribution is -2.34. The quantitative estimate of drug-likeness (QED) is 0.244. The molecule has 0 saturated heterocycles. The van der Waals surface area contributed by atoms with E-state index in [1.54, 1.807) is 54.9 Å². The minimum absolute atomic E-state index is 0. The Labute approximate surface area is 226 Å². The average Bonchev–Trinajstić information content (AvgIpc) is 3.32. The normalized spacial score (nSPS) is 10.8. The smallest absolute Gasteiger partial charge is 0.257 e. The van der Waals surface area contributed by atoms with Crippen LogP contribution >= 0.6 is 24.6 Å². The number of ether oxygens (including phenoxy) is 1. The molecule has 2 amide bonds. The molecular weight excluding hydrogens is 510 g/mol. The number of imidazole rings is 1. The number of H-pyrrole nitrogens is 1. The topological polar surface area (TPSA) is 108 Å². The fourth-order valence-corrected chi connectivity index (χ4v) is 3.81. The van der Waals surface area contributed by atoms with E-state index < -0.39 is 0 Å². The molecule has 4 N–H and O–H groups in total. The molecule has 4 aromatic rings. The number of nitrogens with one attached hydrogen (secondary N) is 4. The highest BCUT2D eigenvalue weighted by Crippen LogP contribution is 2.29. The Balaban J connectivity index is 0.00000380. The Hall–Kier alpha value is -3.95. The molecule has 3 aromatic carbocycles. The molecule has 0 bridgehead atoms. The Morgan fingerprint density at radius 1 is 0.919 bits per heavy atom. The predicted octanol–water partition coefficient (Wildman–Crippen LogP) is 5.67. The van der Waals surface area contributed by atoms with Crippen LogP contribution in [-0.2, 0) is 5.41 Å². The fourth-order valence-electron chi connectivity index (χ4n) is 3.60. The molecule has 0 atom stereocenters. The lowest BCUT2D eigenvalue weighted by molar-refractivity contribution is 0.0976. The second kappa shape index (κ2) is 11.4. The van der Waals surface area contributed by atoms with Crippen molar-refractivity contribution in [2.45, 2.75) is 26.2 Å². The van der Waals surface area contributed by atoms with Gasteiger partial charge in [-0.3, -0.25) is 14.9 Å². The minimum Gasteiger partial charge on any atom is -0.494 e. The van der Waals surface area contributed by atoms with Gasteiger partial charge >= 0.3 is 0 Å². The van der Waals surface area contributed by atoms with Crippen LogP contribution in [-0.4, -0.2) is 34.0 Å². The molecule has 192 valence electrons. The van der Waals surface area contributed by atoms with Crippen molar-refractivity contribution in [2.24, 2.45) is 0 Å². The number of anilines is 2. The van der Waals surface area contributed by atoms with E-state index in [2.05, 4.69) is 46.7 Å². The summed E-state index contributed by atoms with van der Waals surface area (Å²) in [6, 6.07) is 17.8. The Kier molecular flexibility index (Phi) is 8.52. The molecule has 0 spiro atoms. The van der Waals surface area contributed by atoms with Crippen LogP contribution in [0.25, 0.3) is 11.0 Å². The van der Waals surface area contributed by atoms with E-state index in [4.69, 9.17) is 17.0 Å². The number of rotatable bonds is 5. The summed E-state index contributed by atoms with van der Waals surface area (Å²) in [4.78, 5) is 32.5. The highest BCUT2D eigenvalue weighted by atomic mass is 35.5. The third-order valence-electron chi connectivity index (χ3n) is 5.63. The van der Waals surface area contributed by atoms with Crippen molar-refractivity contribution in [1.29, 1.82) is 0 Å². The molecule has 1 aromatic heterocycles. The van der Waals surface area contributed by atoms with E-state index in [1.807, 2.05) is 12.1 Å². The van der Waals surface area contributed by atoms with Gasteiger partial charge in [-0.2, -0.15) is 0 Å². The standard InChI is InChI=1S/C27H27N5O3S.ClH/c1-27(2,3)18-8-5-16(6-9-18)24(33)32-26(36)30-19-10-12-21(23(14-19)35-4)31-25(34)17-7-11-20-22(13-17)29-15-28-20;/h5-15H,1-4H3,(H,28,29)(H,31,34)(H2,30,32,33,36);1H. The van der Waals surface area contributed by atoms with Crippen molar-refractivity contribution < 1.29 is 14.3 Å².